The number of carbonyl (C=O) groups is 3. The predicted octanol–water partition coefficient (Wildman–Crippen LogP) is 4.32. The second kappa shape index (κ2) is 10.0. The van der Waals surface area contributed by atoms with E-state index in [0.29, 0.717) is 12.2 Å². The number of benzene rings is 2. The zero-order chi connectivity index (χ0) is 23.3. The molecule has 7 nitrogen and oxygen atoms in total. The molecule has 1 saturated heterocycles. The first kappa shape index (κ1) is 23.6. The quantitative estimate of drug-likeness (QED) is 0.497. The predicted molar refractivity (Wildman–Crippen MR) is 125 cm³/mol. The number of hydrogen-bond acceptors (Lipinski definition) is 4. The summed E-state index contributed by atoms with van der Waals surface area (Å²) in [6.07, 6.45) is 2.90. The van der Waals surface area contributed by atoms with Gasteiger partial charge < -0.3 is 20.3 Å². The van der Waals surface area contributed by atoms with E-state index in [9.17, 15) is 14.4 Å². The molecular weight excluding hydrogens is 406 g/mol. The molecule has 1 fully saturated rings. The molecular formula is C25H33N3O4. The van der Waals surface area contributed by atoms with Crippen molar-refractivity contribution >= 4 is 34.4 Å². The molecule has 0 unspecified atom stereocenters. The maximum Gasteiger partial charge on any atom is 0.319 e. The van der Waals surface area contributed by atoms with Crippen molar-refractivity contribution in [2.24, 2.45) is 5.92 Å². The lowest BCUT2D eigenvalue weighted by Gasteiger charge is -2.24. The molecule has 2 N–H and O–H groups in total. The number of hydrogen-bond donors (Lipinski definition) is 2. The normalized spacial score (nSPS) is 18.6. The van der Waals surface area contributed by atoms with Crippen LogP contribution in [0, 0.1) is 5.92 Å². The van der Waals surface area contributed by atoms with Gasteiger partial charge in [0.15, 0.2) is 0 Å². The van der Waals surface area contributed by atoms with Gasteiger partial charge in [-0.2, -0.15) is 0 Å². The number of urea groups is 1. The summed E-state index contributed by atoms with van der Waals surface area (Å²) < 4.78 is 5.53. The van der Waals surface area contributed by atoms with Crippen molar-refractivity contribution in [1.29, 1.82) is 0 Å². The van der Waals surface area contributed by atoms with Gasteiger partial charge in [-0.15, -0.1) is 0 Å². The van der Waals surface area contributed by atoms with Crippen LogP contribution in [0.3, 0.4) is 0 Å². The number of likely N-dealkylation sites (tertiary alicyclic amines) is 1. The van der Waals surface area contributed by atoms with E-state index in [-0.39, 0.29) is 12.5 Å². The number of anilines is 1. The van der Waals surface area contributed by atoms with Gasteiger partial charge in [-0.1, -0.05) is 50.1 Å². The number of ether oxygens (including phenoxy) is 1. The molecule has 0 aromatic heterocycles. The molecule has 3 rings (SSSR count). The van der Waals surface area contributed by atoms with E-state index in [1.165, 1.54) is 0 Å². The van der Waals surface area contributed by atoms with Gasteiger partial charge >= 0.3 is 12.0 Å². The minimum Gasteiger partial charge on any atom is -0.460 e. The van der Waals surface area contributed by atoms with E-state index in [1.807, 2.05) is 36.4 Å². The highest BCUT2D eigenvalue weighted by Gasteiger charge is 2.46. The summed E-state index contributed by atoms with van der Waals surface area (Å²) in [4.78, 5) is 40.2. The first-order valence-corrected chi connectivity index (χ1v) is 11.3. The molecule has 7 heteroatoms. The fraction of sp³-hybridized carbons (Fsp3) is 0.480. The Labute approximate surface area is 189 Å². The Balaban J connectivity index is 1.72. The summed E-state index contributed by atoms with van der Waals surface area (Å²) in [5.74, 6) is -1.46. The Kier molecular flexibility index (Phi) is 7.38. The van der Waals surface area contributed by atoms with Gasteiger partial charge in [0.2, 0.25) is 5.91 Å². The summed E-state index contributed by atoms with van der Waals surface area (Å²) >= 11 is 0. The van der Waals surface area contributed by atoms with Crippen LogP contribution >= 0.6 is 0 Å². The number of carbonyl (C=O) groups excluding carboxylic acids is 3. The summed E-state index contributed by atoms with van der Waals surface area (Å²) in [5.41, 5.74) is -0.0616. The minimum atomic E-state index is -0.952. The summed E-state index contributed by atoms with van der Waals surface area (Å²) in [7, 11) is 0. The van der Waals surface area contributed by atoms with E-state index in [0.717, 1.165) is 30.0 Å². The standard InChI is InChI=1S/C25H33N3O4/c1-5-6-9-14-28-16-20(23(30)32-25(2,3)4)21(22(28)29)27-24(31)26-19-13-12-17-10-7-8-11-18(17)15-19/h7-8,10-13,15,20-21H,5-6,9,14,16H2,1-4H3,(H2,26,27,31)/t20-,21-/m1/s1. The summed E-state index contributed by atoms with van der Waals surface area (Å²) in [6.45, 7) is 8.27. The molecule has 1 aliphatic heterocycles. The van der Waals surface area contributed by atoms with E-state index in [1.54, 1.807) is 31.7 Å². The highest BCUT2D eigenvalue weighted by molar-refractivity contribution is 5.99. The SMILES string of the molecule is CCCCCN1C[C@@H](C(=O)OC(C)(C)C)[C@@H](NC(=O)Nc2ccc3ccccc3c2)C1=O. The number of nitrogens with zero attached hydrogens (tertiary/aromatic N) is 1. The molecule has 0 bridgehead atoms. The zero-order valence-corrected chi connectivity index (χ0v) is 19.3. The van der Waals surface area contributed by atoms with Crippen LogP contribution in [0.4, 0.5) is 10.5 Å². The number of rotatable bonds is 7. The molecule has 0 spiro atoms. The molecule has 2 atom stereocenters. The van der Waals surface area contributed by atoms with Gasteiger partial charge in [-0.05, 0) is 50.1 Å². The van der Waals surface area contributed by atoms with Crippen molar-refractivity contribution < 1.29 is 19.1 Å². The third-order valence-electron chi connectivity index (χ3n) is 5.43. The minimum absolute atomic E-state index is 0.245. The fourth-order valence-electron chi connectivity index (χ4n) is 3.88. The average molecular weight is 440 g/mol. The lowest BCUT2D eigenvalue weighted by Crippen LogP contribution is -2.48. The largest absolute Gasteiger partial charge is 0.460 e. The van der Waals surface area contributed by atoms with Crippen LogP contribution in [0.15, 0.2) is 42.5 Å². The maximum atomic E-state index is 13.0. The van der Waals surface area contributed by atoms with Gasteiger partial charge in [-0.25, -0.2) is 4.79 Å². The van der Waals surface area contributed by atoms with Gasteiger partial charge in [0.1, 0.15) is 17.6 Å². The van der Waals surface area contributed by atoms with Crippen molar-refractivity contribution in [2.75, 3.05) is 18.4 Å². The molecule has 0 radical (unpaired) electrons. The van der Waals surface area contributed by atoms with Crippen LogP contribution in [0.2, 0.25) is 0 Å². The zero-order valence-electron chi connectivity index (χ0n) is 19.3. The molecule has 172 valence electrons. The second-order valence-electron chi connectivity index (χ2n) is 9.27. The van der Waals surface area contributed by atoms with Gasteiger partial charge in [0.25, 0.3) is 0 Å². The number of unbranched alkanes of at least 4 members (excludes halogenated alkanes) is 2. The number of esters is 1. The molecule has 3 amide bonds. The van der Waals surface area contributed by atoms with Crippen molar-refractivity contribution in [3.63, 3.8) is 0 Å². The van der Waals surface area contributed by atoms with Gasteiger partial charge in [0, 0.05) is 18.8 Å². The Morgan fingerprint density at radius 2 is 1.81 bits per heavy atom. The molecule has 0 saturated carbocycles. The fourth-order valence-corrected chi connectivity index (χ4v) is 3.88. The number of nitrogens with one attached hydrogen (secondary N) is 2. The van der Waals surface area contributed by atoms with Crippen LogP contribution in [0.5, 0.6) is 0 Å². The van der Waals surface area contributed by atoms with Crippen molar-refractivity contribution in [3.05, 3.63) is 42.5 Å². The smallest absolute Gasteiger partial charge is 0.319 e. The lowest BCUT2D eigenvalue weighted by atomic mass is 10.0. The third kappa shape index (κ3) is 5.99. The lowest BCUT2D eigenvalue weighted by molar-refractivity contribution is -0.160. The Morgan fingerprint density at radius 1 is 1.09 bits per heavy atom. The van der Waals surface area contributed by atoms with Gasteiger partial charge in [-0.3, -0.25) is 9.59 Å². The molecule has 2 aromatic rings. The molecule has 1 heterocycles. The van der Waals surface area contributed by atoms with Crippen LogP contribution in [0.1, 0.15) is 47.0 Å². The van der Waals surface area contributed by atoms with E-state index >= 15 is 0 Å². The maximum absolute atomic E-state index is 13.0. The Hall–Kier alpha value is -3.09. The highest BCUT2D eigenvalue weighted by Crippen LogP contribution is 2.24. The monoisotopic (exact) mass is 439 g/mol. The van der Waals surface area contributed by atoms with Crippen molar-refractivity contribution in [3.8, 4) is 0 Å². The van der Waals surface area contributed by atoms with Crippen LogP contribution in [0.25, 0.3) is 10.8 Å². The van der Waals surface area contributed by atoms with Crippen molar-refractivity contribution in [2.45, 2.75) is 58.6 Å². The van der Waals surface area contributed by atoms with Crippen LogP contribution in [-0.2, 0) is 14.3 Å². The third-order valence-corrected chi connectivity index (χ3v) is 5.43. The highest BCUT2D eigenvalue weighted by atomic mass is 16.6. The number of fused-ring (bicyclic) bond motifs is 1. The Morgan fingerprint density at radius 3 is 2.50 bits per heavy atom. The topological polar surface area (TPSA) is 87.7 Å². The van der Waals surface area contributed by atoms with Crippen LogP contribution in [-0.4, -0.2) is 47.5 Å². The summed E-state index contributed by atoms with van der Waals surface area (Å²) in [5, 5.41) is 7.57. The van der Waals surface area contributed by atoms with Crippen molar-refractivity contribution in [1.82, 2.24) is 10.2 Å². The van der Waals surface area contributed by atoms with E-state index < -0.39 is 29.6 Å². The summed E-state index contributed by atoms with van der Waals surface area (Å²) in [6, 6.07) is 12.0. The van der Waals surface area contributed by atoms with Gasteiger partial charge in [0.05, 0.1) is 0 Å². The molecule has 1 aliphatic rings. The molecule has 2 aromatic carbocycles. The molecule has 0 aliphatic carbocycles. The van der Waals surface area contributed by atoms with E-state index in [2.05, 4.69) is 17.6 Å². The number of amides is 3. The van der Waals surface area contributed by atoms with E-state index in [4.69, 9.17) is 4.74 Å². The van der Waals surface area contributed by atoms with Crippen LogP contribution < -0.4 is 10.6 Å². The Bertz CT molecular complexity index is 983. The average Bonchev–Trinajstić information content (AvgIpc) is 3.02. The first-order valence-electron chi connectivity index (χ1n) is 11.3. The first-order chi connectivity index (χ1) is 15.2. The molecule has 32 heavy (non-hydrogen) atoms. The second-order valence-corrected chi connectivity index (χ2v) is 9.27.